The molecule has 1 N–H and O–H groups in total. The molecule has 1 aromatic carbocycles. The summed E-state index contributed by atoms with van der Waals surface area (Å²) < 4.78 is 5.18. The number of amides is 2. The van der Waals surface area contributed by atoms with E-state index in [1.165, 1.54) is 5.56 Å². The fraction of sp³-hybridized carbons (Fsp3) is 0.294. The molecule has 0 saturated carbocycles. The summed E-state index contributed by atoms with van der Waals surface area (Å²) in [6.07, 6.45) is 4.31. The van der Waals surface area contributed by atoms with E-state index in [1.807, 2.05) is 23.1 Å². The van der Waals surface area contributed by atoms with Gasteiger partial charge in [-0.1, -0.05) is 12.1 Å². The van der Waals surface area contributed by atoms with E-state index < -0.39 is 0 Å². The van der Waals surface area contributed by atoms with Gasteiger partial charge in [-0.25, -0.2) is 4.79 Å². The lowest BCUT2D eigenvalue weighted by molar-refractivity contribution is 0.222. The van der Waals surface area contributed by atoms with Crippen LogP contribution in [-0.4, -0.2) is 36.1 Å². The number of nitrogens with one attached hydrogen (secondary N) is 1. The molecular formula is C17H19N3O2. The molecule has 22 heavy (non-hydrogen) atoms. The van der Waals surface area contributed by atoms with Crippen LogP contribution in [0.4, 0.5) is 10.5 Å². The first-order valence-corrected chi connectivity index (χ1v) is 7.36. The Morgan fingerprint density at radius 1 is 1.32 bits per heavy atom. The van der Waals surface area contributed by atoms with E-state index in [9.17, 15) is 4.79 Å². The summed E-state index contributed by atoms with van der Waals surface area (Å²) in [5, 5.41) is 2.88. The lowest BCUT2D eigenvalue weighted by atomic mass is 9.98. The highest BCUT2D eigenvalue weighted by atomic mass is 16.5. The van der Waals surface area contributed by atoms with Crippen LogP contribution in [0.1, 0.15) is 17.9 Å². The van der Waals surface area contributed by atoms with Gasteiger partial charge in [0.1, 0.15) is 5.75 Å². The molecule has 1 aliphatic heterocycles. The molecule has 1 fully saturated rings. The summed E-state index contributed by atoms with van der Waals surface area (Å²) in [4.78, 5) is 18.1. The number of hydrogen-bond donors (Lipinski definition) is 1. The number of ether oxygens (including phenoxy) is 1. The third kappa shape index (κ3) is 3.19. The van der Waals surface area contributed by atoms with E-state index in [1.54, 1.807) is 25.6 Å². The second-order valence-electron chi connectivity index (χ2n) is 5.38. The van der Waals surface area contributed by atoms with Crippen molar-refractivity contribution in [1.29, 1.82) is 0 Å². The number of anilines is 1. The van der Waals surface area contributed by atoms with Gasteiger partial charge in [0.2, 0.25) is 0 Å². The minimum Gasteiger partial charge on any atom is -0.497 e. The molecule has 0 bridgehead atoms. The van der Waals surface area contributed by atoms with Gasteiger partial charge in [-0.3, -0.25) is 4.98 Å². The van der Waals surface area contributed by atoms with Crippen molar-refractivity contribution in [3.63, 3.8) is 0 Å². The maximum Gasteiger partial charge on any atom is 0.321 e. The number of rotatable bonds is 3. The Morgan fingerprint density at radius 2 is 2.14 bits per heavy atom. The Labute approximate surface area is 129 Å². The van der Waals surface area contributed by atoms with Crippen molar-refractivity contribution in [2.45, 2.75) is 12.3 Å². The highest BCUT2D eigenvalue weighted by Gasteiger charge is 2.27. The zero-order chi connectivity index (χ0) is 15.4. The molecule has 1 saturated heterocycles. The number of nitrogens with zero attached hydrogens (tertiary/aromatic N) is 2. The van der Waals surface area contributed by atoms with Crippen molar-refractivity contribution >= 4 is 11.7 Å². The van der Waals surface area contributed by atoms with Crippen molar-refractivity contribution in [3.05, 3.63) is 54.4 Å². The maximum atomic E-state index is 12.3. The molecule has 0 spiro atoms. The number of benzene rings is 1. The number of methoxy groups -OCH3 is 1. The van der Waals surface area contributed by atoms with E-state index in [2.05, 4.69) is 22.4 Å². The van der Waals surface area contributed by atoms with Gasteiger partial charge in [-0.15, -0.1) is 0 Å². The minimum atomic E-state index is -0.0657. The van der Waals surface area contributed by atoms with Crippen LogP contribution in [0.2, 0.25) is 0 Å². The number of likely N-dealkylation sites (tertiary alicyclic amines) is 1. The Balaban J connectivity index is 1.60. The van der Waals surface area contributed by atoms with Crippen LogP contribution in [0, 0.1) is 0 Å². The summed E-state index contributed by atoms with van der Waals surface area (Å²) in [5.41, 5.74) is 1.97. The number of carbonyl (C=O) groups excluding carboxylic acids is 1. The molecule has 5 heteroatoms. The summed E-state index contributed by atoms with van der Waals surface area (Å²) in [5.74, 6) is 1.23. The summed E-state index contributed by atoms with van der Waals surface area (Å²) >= 11 is 0. The number of carbonyl (C=O) groups is 1. The molecule has 2 amide bonds. The molecule has 0 radical (unpaired) electrons. The fourth-order valence-corrected chi connectivity index (χ4v) is 2.73. The predicted molar refractivity (Wildman–Crippen MR) is 85.2 cm³/mol. The second-order valence-corrected chi connectivity index (χ2v) is 5.38. The maximum absolute atomic E-state index is 12.3. The SMILES string of the molecule is COc1ccc(C2CCN(C(=O)Nc3cccnc3)C2)cc1. The van der Waals surface area contributed by atoms with Crippen LogP contribution in [0.3, 0.4) is 0 Å². The van der Waals surface area contributed by atoms with Crippen molar-refractivity contribution in [2.24, 2.45) is 0 Å². The van der Waals surface area contributed by atoms with Crippen molar-refractivity contribution in [3.8, 4) is 5.75 Å². The van der Waals surface area contributed by atoms with Gasteiger partial charge < -0.3 is 15.0 Å². The van der Waals surface area contributed by atoms with E-state index in [4.69, 9.17) is 4.74 Å². The minimum absolute atomic E-state index is 0.0657. The predicted octanol–water partition coefficient (Wildman–Crippen LogP) is 3.11. The van der Waals surface area contributed by atoms with Crippen molar-refractivity contribution in [2.75, 3.05) is 25.5 Å². The van der Waals surface area contributed by atoms with Crippen molar-refractivity contribution < 1.29 is 9.53 Å². The molecule has 1 unspecified atom stereocenters. The second kappa shape index (κ2) is 6.47. The van der Waals surface area contributed by atoms with Gasteiger partial charge in [-0.05, 0) is 36.2 Å². The highest BCUT2D eigenvalue weighted by molar-refractivity contribution is 5.89. The van der Waals surface area contributed by atoms with E-state index in [-0.39, 0.29) is 6.03 Å². The fourth-order valence-electron chi connectivity index (χ4n) is 2.73. The summed E-state index contributed by atoms with van der Waals surface area (Å²) in [7, 11) is 1.66. The lowest BCUT2D eigenvalue weighted by Gasteiger charge is -2.17. The first-order valence-electron chi connectivity index (χ1n) is 7.36. The van der Waals surface area contributed by atoms with E-state index in [0.717, 1.165) is 30.9 Å². The standard InChI is InChI=1S/C17H19N3O2/c1-22-16-6-4-13(5-7-16)14-8-10-20(12-14)17(21)19-15-3-2-9-18-11-15/h2-7,9,11,14H,8,10,12H2,1H3,(H,19,21). The topological polar surface area (TPSA) is 54.5 Å². The lowest BCUT2D eigenvalue weighted by Crippen LogP contribution is -2.32. The van der Waals surface area contributed by atoms with Gasteiger partial charge in [0.05, 0.1) is 19.0 Å². The highest BCUT2D eigenvalue weighted by Crippen LogP contribution is 2.28. The average molecular weight is 297 g/mol. The van der Waals surface area contributed by atoms with Gasteiger partial charge in [-0.2, -0.15) is 0 Å². The zero-order valence-electron chi connectivity index (χ0n) is 12.5. The van der Waals surface area contributed by atoms with Crippen LogP contribution >= 0.6 is 0 Å². The number of urea groups is 1. The Morgan fingerprint density at radius 3 is 2.82 bits per heavy atom. The average Bonchev–Trinajstić information content (AvgIpc) is 3.06. The normalized spacial score (nSPS) is 17.3. The van der Waals surface area contributed by atoms with Gasteiger partial charge in [0.25, 0.3) is 0 Å². The van der Waals surface area contributed by atoms with Gasteiger partial charge >= 0.3 is 6.03 Å². The smallest absolute Gasteiger partial charge is 0.321 e. The van der Waals surface area contributed by atoms with E-state index >= 15 is 0 Å². The molecule has 114 valence electrons. The monoisotopic (exact) mass is 297 g/mol. The first-order chi connectivity index (χ1) is 10.8. The summed E-state index contributed by atoms with van der Waals surface area (Å²) in [6, 6.07) is 11.7. The van der Waals surface area contributed by atoms with Crippen molar-refractivity contribution in [1.82, 2.24) is 9.88 Å². The largest absolute Gasteiger partial charge is 0.497 e. The quantitative estimate of drug-likeness (QED) is 0.947. The van der Waals surface area contributed by atoms with Crippen LogP contribution in [0.5, 0.6) is 5.75 Å². The van der Waals surface area contributed by atoms with Gasteiger partial charge in [0, 0.05) is 25.2 Å². The van der Waals surface area contributed by atoms with Crippen LogP contribution in [0.25, 0.3) is 0 Å². The summed E-state index contributed by atoms with van der Waals surface area (Å²) in [6.45, 7) is 1.50. The van der Waals surface area contributed by atoms with Gasteiger partial charge in [0.15, 0.2) is 0 Å². The molecule has 1 aliphatic rings. The molecule has 2 heterocycles. The first kappa shape index (κ1) is 14.4. The molecule has 0 aliphatic carbocycles. The van der Waals surface area contributed by atoms with Crippen LogP contribution in [-0.2, 0) is 0 Å². The molecule has 5 nitrogen and oxygen atoms in total. The van der Waals surface area contributed by atoms with Crippen LogP contribution < -0.4 is 10.1 Å². The third-order valence-electron chi connectivity index (χ3n) is 3.98. The van der Waals surface area contributed by atoms with E-state index in [0.29, 0.717) is 5.92 Å². The number of aromatic nitrogens is 1. The molecule has 1 atom stereocenters. The Kier molecular flexibility index (Phi) is 4.23. The Bertz CT molecular complexity index is 628. The molecular weight excluding hydrogens is 278 g/mol. The molecule has 3 rings (SSSR count). The number of pyridine rings is 1. The molecule has 2 aromatic rings. The molecule has 1 aromatic heterocycles. The van der Waals surface area contributed by atoms with Crippen LogP contribution in [0.15, 0.2) is 48.8 Å². The third-order valence-corrected chi connectivity index (χ3v) is 3.98. The Hall–Kier alpha value is -2.56. The zero-order valence-corrected chi connectivity index (χ0v) is 12.5. The number of hydrogen-bond acceptors (Lipinski definition) is 3.